The molecule has 1 N–H and O–H groups in total. The summed E-state index contributed by atoms with van der Waals surface area (Å²) in [5.41, 5.74) is 0.393. The smallest absolute Gasteiger partial charge is 0.143 e. The van der Waals surface area contributed by atoms with Gasteiger partial charge in [0, 0.05) is 23.1 Å². The number of halogens is 1. The minimum atomic E-state index is -1.21. The first-order chi connectivity index (χ1) is 11.2. The zero-order valence-electron chi connectivity index (χ0n) is 12.4. The lowest BCUT2D eigenvalue weighted by Crippen LogP contribution is -2.29. The number of aliphatic hydroxyl groups is 1. The van der Waals surface area contributed by atoms with Gasteiger partial charge in [0.1, 0.15) is 5.60 Å². The molecule has 3 aromatic rings. The largest absolute Gasteiger partial charge is 0.377 e. The first-order valence-corrected chi connectivity index (χ1v) is 7.99. The van der Waals surface area contributed by atoms with Gasteiger partial charge in [0.05, 0.1) is 18.6 Å². The maximum absolute atomic E-state index is 11.2. The van der Waals surface area contributed by atoms with E-state index in [2.05, 4.69) is 25.9 Å². The summed E-state index contributed by atoms with van der Waals surface area (Å²) in [6, 6.07) is 13.4. The number of hydrogen-bond donors (Lipinski definition) is 1. The Balaban J connectivity index is 1.93. The molecule has 116 valence electrons. The Morgan fingerprint density at radius 1 is 1.13 bits per heavy atom. The van der Waals surface area contributed by atoms with Crippen molar-refractivity contribution in [3.8, 4) is 0 Å². The molecule has 3 rings (SSSR count). The van der Waals surface area contributed by atoms with E-state index < -0.39 is 5.60 Å². The molecule has 2 aromatic heterocycles. The monoisotopic (exact) mass is 369 g/mol. The Kier molecular flexibility index (Phi) is 4.69. The van der Waals surface area contributed by atoms with Gasteiger partial charge in [0.25, 0.3) is 0 Å². The van der Waals surface area contributed by atoms with E-state index >= 15 is 0 Å². The molecule has 4 nitrogen and oxygen atoms in total. The van der Waals surface area contributed by atoms with Crippen molar-refractivity contribution in [2.24, 2.45) is 0 Å². The van der Waals surface area contributed by atoms with Gasteiger partial charge in [-0.1, -0.05) is 40.2 Å². The highest BCUT2D eigenvalue weighted by molar-refractivity contribution is 9.10. The van der Waals surface area contributed by atoms with E-state index in [-0.39, 0.29) is 0 Å². The standard InChI is InChI=1S/C18H16BrN3O/c19-16-6-4-15(5-7-16)8-9-18(23,13-22-12-11-20-14-22)17-3-1-2-10-21-17/h1-12,14,23H,13H2/b9-8+/t18-/m1/s1. The van der Waals surface area contributed by atoms with Crippen LogP contribution in [0, 0.1) is 0 Å². The normalized spacial score (nSPS) is 14.0. The Morgan fingerprint density at radius 3 is 2.61 bits per heavy atom. The van der Waals surface area contributed by atoms with Crippen LogP contribution in [0.15, 0.2) is 77.9 Å². The molecule has 1 atom stereocenters. The van der Waals surface area contributed by atoms with Gasteiger partial charge in [0.15, 0.2) is 0 Å². The van der Waals surface area contributed by atoms with Gasteiger partial charge < -0.3 is 9.67 Å². The number of benzene rings is 1. The highest BCUT2D eigenvalue weighted by atomic mass is 79.9. The average Bonchev–Trinajstić information content (AvgIpc) is 3.08. The average molecular weight is 370 g/mol. The maximum atomic E-state index is 11.2. The van der Waals surface area contributed by atoms with Gasteiger partial charge in [-0.3, -0.25) is 4.98 Å². The van der Waals surface area contributed by atoms with Crippen molar-refractivity contribution in [2.45, 2.75) is 12.1 Å². The number of aromatic nitrogens is 3. The van der Waals surface area contributed by atoms with Gasteiger partial charge >= 0.3 is 0 Å². The highest BCUT2D eigenvalue weighted by Crippen LogP contribution is 2.24. The van der Waals surface area contributed by atoms with Crippen LogP contribution >= 0.6 is 15.9 Å². The summed E-state index contributed by atoms with van der Waals surface area (Å²) in [5.74, 6) is 0. The van der Waals surface area contributed by atoms with Crippen molar-refractivity contribution >= 4 is 22.0 Å². The second kappa shape index (κ2) is 6.89. The summed E-state index contributed by atoms with van der Waals surface area (Å²) in [5, 5.41) is 11.2. The van der Waals surface area contributed by atoms with Crippen LogP contribution in [0.5, 0.6) is 0 Å². The van der Waals surface area contributed by atoms with Crippen molar-refractivity contribution in [1.82, 2.24) is 14.5 Å². The molecule has 0 bridgehead atoms. The van der Waals surface area contributed by atoms with E-state index in [0.29, 0.717) is 12.2 Å². The maximum Gasteiger partial charge on any atom is 0.143 e. The molecular weight excluding hydrogens is 354 g/mol. The quantitative estimate of drug-likeness (QED) is 0.746. The summed E-state index contributed by atoms with van der Waals surface area (Å²) in [6.45, 7) is 0.344. The van der Waals surface area contributed by atoms with Crippen LogP contribution in [-0.4, -0.2) is 19.6 Å². The van der Waals surface area contributed by atoms with Crippen molar-refractivity contribution in [3.63, 3.8) is 0 Å². The van der Waals surface area contributed by atoms with Crippen LogP contribution in [-0.2, 0) is 12.1 Å². The molecule has 0 saturated heterocycles. The fourth-order valence-corrected chi connectivity index (χ4v) is 2.57. The predicted octanol–water partition coefficient (Wildman–Crippen LogP) is 3.64. The summed E-state index contributed by atoms with van der Waals surface area (Å²) in [4.78, 5) is 8.35. The Labute approximate surface area is 143 Å². The van der Waals surface area contributed by atoms with Crippen LogP contribution in [0.1, 0.15) is 11.3 Å². The van der Waals surface area contributed by atoms with E-state index in [4.69, 9.17) is 0 Å². The third kappa shape index (κ3) is 3.94. The molecule has 5 heteroatoms. The minimum absolute atomic E-state index is 0.344. The van der Waals surface area contributed by atoms with Crippen molar-refractivity contribution in [2.75, 3.05) is 0 Å². The zero-order valence-corrected chi connectivity index (χ0v) is 14.0. The number of imidazole rings is 1. The van der Waals surface area contributed by atoms with Crippen LogP contribution in [0.3, 0.4) is 0 Å². The number of rotatable bonds is 5. The second-order valence-corrected chi connectivity index (χ2v) is 6.17. The van der Waals surface area contributed by atoms with Crippen molar-refractivity contribution < 1.29 is 5.11 Å². The molecule has 0 aliphatic heterocycles. The van der Waals surface area contributed by atoms with Crippen LogP contribution in [0.4, 0.5) is 0 Å². The van der Waals surface area contributed by atoms with Crippen LogP contribution in [0.2, 0.25) is 0 Å². The number of nitrogens with zero attached hydrogens (tertiary/aromatic N) is 3. The Bertz CT molecular complexity index is 770. The van der Waals surface area contributed by atoms with E-state index in [9.17, 15) is 5.11 Å². The Morgan fingerprint density at radius 2 is 1.96 bits per heavy atom. The third-order valence-electron chi connectivity index (χ3n) is 3.51. The highest BCUT2D eigenvalue weighted by Gasteiger charge is 2.28. The molecular formula is C18H16BrN3O. The topological polar surface area (TPSA) is 50.9 Å². The summed E-state index contributed by atoms with van der Waals surface area (Å²) in [7, 11) is 0. The lowest BCUT2D eigenvalue weighted by molar-refractivity contribution is 0.0659. The van der Waals surface area contributed by atoms with E-state index in [0.717, 1.165) is 10.0 Å². The van der Waals surface area contributed by atoms with E-state index in [1.54, 1.807) is 24.8 Å². The molecule has 0 aliphatic carbocycles. The summed E-state index contributed by atoms with van der Waals surface area (Å²) >= 11 is 3.42. The van der Waals surface area contributed by atoms with Crippen LogP contribution in [0.25, 0.3) is 6.08 Å². The van der Waals surface area contributed by atoms with E-state index in [1.807, 2.05) is 59.3 Å². The lowest BCUT2D eigenvalue weighted by Gasteiger charge is -2.24. The Hall–Kier alpha value is -2.24. The van der Waals surface area contributed by atoms with E-state index in [1.165, 1.54) is 0 Å². The molecule has 0 fully saturated rings. The second-order valence-electron chi connectivity index (χ2n) is 5.26. The van der Waals surface area contributed by atoms with Crippen molar-refractivity contribution in [1.29, 1.82) is 0 Å². The molecule has 0 spiro atoms. The number of pyridine rings is 1. The molecule has 0 radical (unpaired) electrons. The molecule has 0 aliphatic rings. The molecule has 1 aromatic carbocycles. The fraction of sp³-hybridized carbons (Fsp3) is 0.111. The van der Waals surface area contributed by atoms with Crippen LogP contribution < -0.4 is 0 Å². The lowest BCUT2D eigenvalue weighted by atomic mass is 9.97. The first kappa shape index (κ1) is 15.6. The van der Waals surface area contributed by atoms with Gasteiger partial charge in [-0.2, -0.15) is 0 Å². The zero-order chi connectivity index (χ0) is 16.1. The predicted molar refractivity (Wildman–Crippen MR) is 93.5 cm³/mol. The third-order valence-corrected chi connectivity index (χ3v) is 4.04. The van der Waals surface area contributed by atoms with Crippen molar-refractivity contribution in [3.05, 3.63) is 89.2 Å². The van der Waals surface area contributed by atoms with Gasteiger partial charge in [-0.25, -0.2) is 4.98 Å². The van der Waals surface area contributed by atoms with Gasteiger partial charge in [-0.15, -0.1) is 0 Å². The number of hydrogen-bond acceptors (Lipinski definition) is 3. The van der Waals surface area contributed by atoms with Gasteiger partial charge in [-0.05, 0) is 35.9 Å². The minimum Gasteiger partial charge on any atom is -0.377 e. The molecule has 2 heterocycles. The SMILES string of the molecule is O[C@](/C=C/c1ccc(Br)cc1)(Cn1ccnc1)c1ccccn1. The molecule has 0 saturated carbocycles. The molecule has 0 unspecified atom stereocenters. The summed E-state index contributed by atoms with van der Waals surface area (Å²) in [6.07, 6.45) is 10.6. The first-order valence-electron chi connectivity index (χ1n) is 7.20. The molecule has 23 heavy (non-hydrogen) atoms. The fourth-order valence-electron chi connectivity index (χ4n) is 2.30. The van der Waals surface area contributed by atoms with Gasteiger partial charge in [0.2, 0.25) is 0 Å². The molecule has 0 amide bonds. The summed E-state index contributed by atoms with van der Waals surface area (Å²) < 4.78 is 2.86.